The number of halogens is 2. The number of hydrogen-bond acceptors (Lipinski definition) is 5. The summed E-state index contributed by atoms with van der Waals surface area (Å²) in [5.41, 5.74) is 9.15. The Morgan fingerprint density at radius 2 is 1.45 bits per heavy atom. The maximum Gasteiger partial charge on any atom is 0.138 e. The van der Waals surface area contributed by atoms with Gasteiger partial charge in [-0.2, -0.15) is 0 Å². The molecule has 5 aromatic rings. The van der Waals surface area contributed by atoms with Gasteiger partial charge in [-0.3, -0.25) is 14.9 Å². The molecule has 1 aliphatic heterocycles. The number of nitrogens with zero attached hydrogens (tertiary/aromatic N) is 5. The number of aromatic amines is 1. The molecular formula is C30H34Cl2N6. The molecule has 0 spiro atoms. The van der Waals surface area contributed by atoms with Crippen LogP contribution in [0.2, 0.25) is 0 Å². The first-order valence-electron chi connectivity index (χ1n) is 12.7. The van der Waals surface area contributed by atoms with E-state index in [1.54, 1.807) is 12.4 Å². The molecule has 2 aromatic heterocycles. The molecule has 3 heterocycles. The van der Waals surface area contributed by atoms with Crippen LogP contribution in [0.1, 0.15) is 31.9 Å². The van der Waals surface area contributed by atoms with E-state index in [0.717, 1.165) is 66.2 Å². The van der Waals surface area contributed by atoms with Gasteiger partial charge in [-0.05, 0) is 46.9 Å². The summed E-state index contributed by atoms with van der Waals surface area (Å²) in [7, 11) is 0. The van der Waals surface area contributed by atoms with Crippen LogP contribution in [0.3, 0.4) is 0 Å². The van der Waals surface area contributed by atoms with E-state index in [-0.39, 0.29) is 30.2 Å². The van der Waals surface area contributed by atoms with Crippen molar-refractivity contribution < 1.29 is 0 Å². The van der Waals surface area contributed by atoms with E-state index in [2.05, 4.69) is 106 Å². The Kier molecular flexibility index (Phi) is 8.26. The third-order valence-electron chi connectivity index (χ3n) is 7.17. The minimum Gasteiger partial charge on any atom is -0.369 e. The van der Waals surface area contributed by atoms with Crippen molar-refractivity contribution in [3.63, 3.8) is 0 Å². The highest BCUT2D eigenvalue weighted by atomic mass is 35.5. The van der Waals surface area contributed by atoms with E-state index in [9.17, 15) is 0 Å². The summed E-state index contributed by atoms with van der Waals surface area (Å²) in [6.07, 6.45) is 3.50. The van der Waals surface area contributed by atoms with Gasteiger partial charge < -0.3 is 9.88 Å². The fraction of sp³-hybridized carbons (Fsp3) is 0.300. The topological polar surface area (TPSA) is 60.9 Å². The van der Waals surface area contributed by atoms with Crippen molar-refractivity contribution in [2.75, 3.05) is 31.1 Å². The van der Waals surface area contributed by atoms with Gasteiger partial charge >= 0.3 is 0 Å². The zero-order valence-electron chi connectivity index (χ0n) is 22.0. The van der Waals surface area contributed by atoms with E-state index in [0.29, 0.717) is 0 Å². The molecule has 0 atom stereocenters. The third kappa shape index (κ3) is 5.78. The molecule has 38 heavy (non-hydrogen) atoms. The van der Waals surface area contributed by atoms with Crippen LogP contribution >= 0.6 is 24.8 Å². The van der Waals surface area contributed by atoms with Gasteiger partial charge in [-0.25, -0.2) is 4.98 Å². The molecule has 6 nitrogen and oxygen atoms in total. The first-order chi connectivity index (χ1) is 17.4. The standard InChI is InChI=1S/C30H32N6.2ClH/c1-30(2,3)23-7-5-22(6-8-23)29-33-26-11-9-24(19-28(26)34-29)36-16-14-35(15-17-36)20-21-4-10-25-27(18-21)32-13-12-31-25;;/h4-13,18-19H,14-17,20H2,1-3H3,(H,33,34);2*1H. The molecule has 0 radical (unpaired) electrons. The van der Waals surface area contributed by atoms with Gasteiger partial charge in [-0.15, -0.1) is 24.8 Å². The zero-order valence-corrected chi connectivity index (χ0v) is 23.6. The second-order valence-corrected chi connectivity index (χ2v) is 10.8. The van der Waals surface area contributed by atoms with Crippen molar-refractivity contribution in [3.05, 3.63) is 84.2 Å². The van der Waals surface area contributed by atoms with Gasteiger partial charge in [0.05, 0.1) is 22.1 Å². The number of rotatable bonds is 4. The van der Waals surface area contributed by atoms with E-state index in [1.165, 1.54) is 16.8 Å². The van der Waals surface area contributed by atoms with Crippen LogP contribution in [-0.2, 0) is 12.0 Å². The van der Waals surface area contributed by atoms with Gasteiger partial charge in [0.1, 0.15) is 5.82 Å². The highest BCUT2D eigenvalue weighted by Gasteiger charge is 2.19. The molecular weight excluding hydrogens is 515 g/mol. The molecule has 1 saturated heterocycles. The molecule has 8 heteroatoms. The Bertz CT molecular complexity index is 1520. The normalized spacial score (nSPS) is 14.3. The minimum atomic E-state index is 0. The number of aromatic nitrogens is 4. The number of anilines is 1. The smallest absolute Gasteiger partial charge is 0.138 e. The lowest BCUT2D eigenvalue weighted by molar-refractivity contribution is 0.250. The van der Waals surface area contributed by atoms with Crippen molar-refractivity contribution in [3.8, 4) is 11.4 Å². The Morgan fingerprint density at radius 1 is 0.763 bits per heavy atom. The molecule has 0 amide bonds. The van der Waals surface area contributed by atoms with Crippen LogP contribution in [0.4, 0.5) is 5.69 Å². The summed E-state index contributed by atoms with van der Waals surface area (Å²) in [5, 5.41) is 0. The molecule has 6 rings (SSSR count). The van der Waals surface area contributed by atoms with Crippen molar-refractivity contribution in [2.45, 2.75) is 32.7 Å². The predicted molar refractivity (Wildman–Crippen MR) is 162 cm³/mol. The summed E-state index contributed by atoms with van der Waals surface area (Å²) in [6.45, 7) is 11.7. The summed E-state index contributed by atoms with van der Waals surface area (Å²) < 4.78 is 0. The molecule has 0 bridgehead atoms. The zero-order chi connectivity index (χ0) is 24.7. The van der Waals surface area contributed by atoms with Crippen LogP contribution in [0.25, 0.3) is 33.5 Å². The monoisotopic (exact) mass is 548 g/mol. The molecule has 1 aliphatic rings. The van der Waals surface area contributed by atoms with Gasteiger partial charge in [0, 0.05) is 56.4 Å². The number of imidazole rings is 1. The maximum atomic E-state index is 4.85. The lowest BCUT2D eigenvalue weighted by Gasteiger charge is -2.36. The number of piperazine rings is 1. The number of benzene rings is 3. The molecule has 3 aromatic carbocycles. The largest absolute Gasteiger partial charge is 0.369 e. The van der Waals surface area contributed by atoms with Gasteiger partial charge in [0.15, 0.2) is 0 Å². The third-order valence-corrected chi connectivity index (χ3v) is 7.17. The van der Waals surface area contributed by atoms with Crippen LogP contribution in [0.5, 0.6) is 0 Å². The molecule has 198 valence electrons. The van der Waals surface area contributed by atoms with Crippen LogP contribution in [0.15, 0.2) is 73.1 Å². The van der Waals surface area contributed by atoms with Gasteiger partial charge in [0.25, 0.3) is 0 Å². The average molecular weight is 550 g/mol. The number of H-pyrrole nitrogens is 1. The first-order valence-corrected chi connectivity index (χ1v) is 12.7. The molecule has 0 saturated carbocycles. The highest BCUT2D eigenvalue weighted by molar-refractivity contribution is 5.86. The summed E-state index contributed by atoms with van der Waals surface area (Å²) >= 11 is 0. The molecule has 0 unspecified atom stereocenters. The van der Waals surface area contributed by atoms with Gasteiger partial charge in [-0.1, -0.05) is 51.1 Å². The van der Waals surface area contributed by atoms with Crippen molar-refractivity contribution in [1.82, 2.24) is 24.8 Å². The maximum absolute atomic E-state index is 4.85. The highest BCUT2D eigenvalue weighted by Crippen LogP contribution is 2.28. The van der Waals surface area contributed by atoms with E-state index < -0.39 is 0 Å². The Labute approximate surface area is 236 Å². The quantitative estimate of drug-likeness (QED) is 0.273. The second kappa shape index (κ2) is 11.3. The van der Waals surface area contributed by atoms with Crippen molar-refractivity contribution in [2.24, 2.45) is 0 Å². The molecule has 0 aliphatic carbocycles. The van der Waals surface area contributed by atoms with Crippen LogP contribution in [0, 0.1) is 0 Å². The van der Waals surface area contributed by atoms with Crippen molar-refractivity contribution in [1.29, 1.82) is 0 Å². The lowest BCUT2D eigenvalue weighted by Crippen LogP contribution is -2.45. The Hall–Kier alpha value is -3.19. The number of fused-ring (bicyclic) bond motifs is 2. The SMILES string of the molecule is CC(C)(C)c1ccc(-c2nc3ccc(N4CCN(Cc5ccc6nccnc6c5)CC4)cc3[nH]2)cc1.Cl.Cl. The number of nitrogens with one attached hydrogen (secondary N) is 1. The minimum absolute atomic E-state index is 0. The summed E-state index contributed by atoms with van der Waals surface area (Å²) in [4.78, 5) is 22.2. The van der Waals surface area contributed by atoms with Crippen LogP contribution in [-0.4, -0.2) is 51.0 Å². The fourth-order valence-electron chi connectivity index (χ4n) is 4.99. The van der Waals surface area contributed by atoms with Crippen molar-refractivity contribution >= 4 is 52.6 Å². The Morgan fingerprint density at radius 3 is 2.16 bits per heavy atom. The summed E-state index contributed by atoms with van der Waals surface area (Å²) in [5.74, 6) is 0.924. The van der Waals surface area contributed by atoms with E-state index in [4.69, 9.17) is 4.98 Å². The summed E-state index contributed by atoms with van der Waals surface area (Å²) in [6, 6.07) is 21.7. The Balaban J connectivity index is 0.00000168. The number of hydrogen-bond donors (Lipinski definition) is 1. The van der Waals surface area contributed by atoms with E-state index >= 15 is 0 Å². The van der Waals surface area contributed by atoms with E-state index in [1.807, 2.05) is 0 Å². The fourth-order valence-corrected chi connectivity index (χ4v) is 4.99. The molecule has 1 N–H and O–H groups in total. The van der Waals surface area contributed by atoms with Crippen LogP contribution < -0.4 is 4.90 Å². The first kappa shape index (κ1) is 27.8. The average Bonchev–Trinajstić information content (AvgIpc) is 3.32. The molecule has 1 fully saturated rings. The predicted octanol–water partition coefficient (Wildman–Crippen LogP) is 6.64. The second-order valence-electron chi connectivity index (χ2n) is 10.8. The van der Waals surface area contributed by atoms with Gasteiger partial charge in [0.2, 0.25) is 0 Å². The lowest BCUT2D eigenvalue weighted by atomic mass is 9.87.